The zero-order valence-corrected chi connectivity index (χ0v) is 27.8. The molecule has 2 heteroatoms. The molecule has 2 heterocycles. The molecule has 1 aliphatic heterocycles. The highest BCUT2D eigenvalue weighted by atomic mass is 15.0. The smallest absolute Gasteiger partial charge is 0.0731 e. The van der Waals surface area contributed by atoms with Crippen LogP contribution in [0.1, 0.15) is 39.6 Å². The van der Waals surface area contributed by atoms with Gasteiger partial charge in [-0.05, 0) is 101 Å². The van der Waals surface area contributed by atoms with E-state index in [0.29, 0.717) is 0 Å². The SMILES string of the molecule is C1=CC(c2ccccn2)[N-]C(c2ccc(-c3cc4c(c5ccccc35)-c3ccc5ccccc5c3C43c4ccccc4-c4ccccc43)cc2)=C1. The number of rotatable bonds is 3. The molecule has 1 spiro atoms. The molecule has 0 radical (unpaired) electrons. The monoisotopic (exact) mass is 647 g/mol. The Kier molecular flexibility index (Phi) is 5.97. The highest BCUT2D eigenvalue weighted by molar-refractivity contribution is 6.14. The van der Waals surface area contributed by atoms with E-state index < -0.39 is 5.41 Å². The maximum atomic E-state index is 5.07. The number of allylic oxidation sites excluding steroid dienone is 2. The van der Waals surface area contributed by atoms with E-state index in [1.165, 1.54) is 77.2 Å². The minimum atomic E-state index is -0.448. The van der Waals surface area contributed by atoms with Crippen molar-refractivity contribution in [2.45, 2.75) is 11.5 Å². The summed E-state index contributed by atoms with van der Waals surface area (Å²) in [5.74, 6) is 0. The first-order valence-corrected chi connectivity index (χ1v) is 17.7. The van der Waals surface area contributed by atoms with Gasteiger partial charge < -0.3 is 5.32 Å². The predicted octanol–water partition coefficient (Wildman–Crippen LogP) is 12.4. The van der Waals surface area contributed by atoms with Crippen molar-refractivity contribution in [1.29, 1.82) is 0 Å². The lowest BCUT2D eigenvalue weighted by Gasteiger charge is -2.35. The molecule has 2 aliphatic carbocycles. The molecule has 0 amide bonds. The second-order valence-electron chi connectivity index (χ2n) is 13.8. The highest BCUT2D eigenvalue weighted by Gasteiger charge is 2.53. The molecule has 0 saturated carbocycles. The molecule has 0 fully saturated rings. The van der Waals surface area contributed by atoms with Gasteiger partial charge in [-0.1, -0.05) is 164 Å². The van der Waals surface area contributed by atoms with Gasteiger partial charge in [0.2, 0.25) is 0 Å². The van der Waals surface area contributed by atoms with E-state index in [-0.39, 0.29) is 6.04 Å². The number of hydrogen-bond acceptors (Lipinski definition) is 1. The zero-order valence-electron chi connectivity index (χ0n) is 27.8. The summed E-state index contributed by atoms with van der Waals surface area (Å²) in [4.78, 5) is 4.56. The number of hydrogen-bond donors (Lipinski definition) is 0. The van der Waals surface area contributed by atoms with E-state index in [0.717, 1.165) is 17.0 Å². The van der Waals surface area contributed by atoms with Gasteiger partial charge in [-0.3, -0.25) is 4.98 Å². The Morgan fingerprint density at radius 3 is 1.94 bits per heavy atom. The van der Waals surface area contributed by atoms with Crippen LogP contribution in [0, 0.1) is 0 Å². The van der Waals surface area contributed by atoms with Gasteiger partial charge in [-0.15, -0.1) is 5.70 Å². The quantitative estimate of drug-likeness (QED) is 0.187. The van der Waals surface area contributed by atoms with Crippen molar-refractivity contribution < 1.29 is 0 Å². The molecule has 1 aromatic heterocycles. The van der Waals surface area contributed by atoms with Gasteiger partial charge in [0.05, 0.1) is 5.41 Å². The summed E-state index contributed by atoms with van der Waals surface area (Å²) in [6, 6.07) is 58.2. The third-order valence-electron chi connectivity index (χ3n) is 11.3. The van der Waals surface area contributed by atoms with E-state index >= 15 is 0 Å². The fourth-order valence-corrected chi connectivity index (χ4v) is 9.21. The molecule has 3 aliphatic rings. The molecular weight excluding hydrogens is 617 g/mol. The van der Waals surface area contributed by atoms with E-state index in [4.69, 9.17) is 5.32 Å². The number of pyridine rings is 1. The fraction of sp³-hybridized carbons (Fsp3) is 0.0408. The summed E-state index contributed by atoms with van der Waals surface area (Å²) in [6.07, 6.45) is 8.13. The Balaban J connectivity index is 1.15. The predicted molar refractivity (Wildman–Crippen MR) is 211 cm³/mol. The standard InChI is InChI=1S/C49H31N2/c1-2-13-34-31(12-1)27-28-39-47-38-17-4-3-14-35(38)40(32-23-25-33(26-24-32)44-21-11-22-46(51-44)45-20-9-10-29-50-45)30-43(47)49(48(34)39)41-18-7-5-15-36(41)37-16-6-8-19-42(37)49/h1-30,46H/q-1. The molecule has 2 nitrogen and oxygen atoms in total. The van der Waals surface area contributed by atoms with Gasteiger partial charge >= 0.3 is 0 Å². The molecule has 51 heavy (non-hydrogen) atoms. The number of fused-ring (bicyclic) bond motifs is 14. The summed E-state index contributed by atoms with van der Waals surface area (Å²) in [5.41, 5.74) is 15.8. The summed E-state index contributed by atoms with van der Waals surface area (Å²) < 4.78 is 0. The van der Waals surface area contributed by atoms with Crippen molar-refractivity contribution in [1.82, 2.24) is 4.98 Å². The average molecular weight is 648 g/mol. The summed E-state index contributed by atoms with van der Waals surface area (Å²) >= 11 is 0. The molecule has 11 rings (SSSR count). The van der Waals surface area contributed by atoms with Crippen LogP contribution < -0.4 is 0 Å². The minimum absolute atomic E-state index is 0.0856. The largest absolute Gasteiger partial charge is 0.673 e. The first-order valence-electron chi connectivity index (χ1n) is 17.7. The fourth-order valence-electron chi connectivity index (χ4n) is 9.21. The molecule has 0 saturated heterocycles. The minimum Gasteiger partial charge on any atom is -0.673 e. The Morgan fingerprint density at radius 2 is 1.18 bits per heavy atom. The van der Waals surface area contributed by atoms with Gasteiger partial charge in [0, 0.05) is 11.9 Å². The topological polar surface area (TPSA) is 27.0 Å². The lowest BCUT2D eigenvalue weighted by Crippen LogP contribution is -2.26. The van der Waals surface area contributed by atoms with Crippen LogP contribution in [-0.2, 0) is 5.41 Å². The van der Waals surface area contributed by atoms with Crippen molar-refractivity contribution in [3.63, 3.8) is 0 Å². The lowest BCUT2D eigenvalue weighted by molar-refractivity contribution is 0.802. The third-order valence-corrected chi connectivity index (χ3v) is 11.3. The third kappa shape index (κ3) is 3.90. The van der Waals surface area contributed by atoms with Crippen LogP contribution >= 0.6 is 0 Å². The summed E-state index contributed by atoms with van der Waals surface area (Å²) in [6.45, 7) is 0. The zero-order chi connectivity index (χ0) is 33.5. The van der Waals surface area contributed by atoms with E-state index in [1.54, 1.807) is 0 Å². The van der Waals surface area contributed by atoms with Crippen molar-refractivity contribution >= 4 is 27.2 Å². The molecule has 238 valence electrons. The van der Waals surface area contributed by atoms with Crippen LogP contribution in [-0.4, -0.2) is 4.98 Å². The number of nitrogens with zero attached hydrogens (tertiary/aromatic N) is 2. The number of aromatic nitrogens is 1. The van der Waals surface area contributed by atoms with E-state index in [1.807, 2.05) is 24.4 Å². The van der Waals surface area contributed by atoms with Gasteiger partial charge in [0.1, 0.15) is 0 Å². The first-order chi connectivity index (χ1) is 25.3. The van der Waals surface area contributed by atoms with Crippen LogP contribution in [0.4, 0.5) is 0 Å². The molecule has 1 unspecified atom stereocenters. The normalized spacial score (nSPS) is 16.0. The van der Waals surface area contributed by atoms with Crippen molar-refractivity contribution in [3.8, 4) is 33.4 Å². The van der Waals surface area contributed by atoms with Gasteiger partial charge in [-0.25, -0.2) is 0 Å². The molecule has 0 N–H and O–H groups in total. The Hall–Kier alpha value is -6.51. The summed E-state index contributed by atoms with van der Waals surface area (Å²) in [5, 5.41) is 10.2. The van der Waals surface area contributed by atoms with Gasteiger partial charge in [0.15, 0.2) is 0 Å². The van der Waals surface area contributed by atoms with Crippen LogP contribution in [0.25, 0.3) is 65.9 Å². The second-order valence-corrected chi connectivity index (χ2v) is 13.8. The molecule has 7 aromatic carbocycles. The van der Waals surface area contributed by atoms with Crippen LogP contribution in [0.3, 0.4) is 0 Å². The Morgan fingerprint density at radius 1 is 0.510 bits per heavy atom. The molecule has 1 atom stereocenters. The van der Waals surface area contributed by atoms with E-state index in [2.05, 4.69) is 163 Å². The van der Waals surface area contributed by atoms with Gasteiger partial charge in [-0.2, -0.15) is 0 Å². The molecule has 8 aromatic rings. The Labute approximate surface area is 297 Å². The van der Waals surface area contributed by atoms with Crippen LogP contribution in [0.5, 0.6) is 0 Å². The van der Waals surface area contributed by atoms with Crippen molar-refractivity contribution in [2.75, 3.05) is 0 Å². The molecular formula is C49H31N2-. The second kappa shape index (κ2) is 10.7. The van der Waals surface area contributed by atoms with Crippen molar-refractivity contribution in [2.24, 2.45) is 0 Å². The highest BCUT2D eigenvalue weighted by Crippen LogP contribution is 2.65. The van der Waals surface area contributed by atoms with Crippen molar-refractivity contribution in [3.05, 3.63) is 221 Å². The van der Waals surface area contributed by atoms with E-state index in [9.17, 15) is 0 Å². The van der Waals surface area contributed by atoms with Gasteiger partial charge in [0.25, 0.3) is 0 Å². The lowest BCUT2D eigenvalue weighted by atomic mass is 9.69. The average Bonchev–Trinajstić information content (AvgIpc) is 3.68. The molecule has 0 bridgehead atoms. The maximum Gasteiger partial charge on any atom is 0.0731 e. The van der Waals surface area contributed by atoms with Crippen LogP contribution in [0.15, 0.2) is 182 Å². The first kappa shape index (κ1) is 28.3. The van der Waals surface area contributed by atoms with Crippen LogP contribution in [0.2, 0.25) is 0 Å². The maximum absolute atomic E-state index is 5.07. The Bertz CT molecular complexity index is 2720. The number of benzene rings is 7. The summed E-state index contributed by atoms with van der Waals surface area (Å²) in [7, 11) is 0.